The number of hydrogen-bond acceptors (Lipinski definition) is 6. The van der Waals surface area contributed by atoms with Gasteiger partial charge < -0.3 is 25.1 Å². The summed E-state index contributed by atoms with van der Waals surface area (Å²) in [5.41, 5.74) is 3.92. The van der Waals surface area contributed by atoms with Crippen molar-refractivity contribution >= 4 is 23.4 Å². The number of aliphatic hydroxyl groups is 1. The fraction of sp³-hybridized carbons (Fsp3) is 0.200. The molecule has 8 heteroatoms. The summed E-state index contributed by atoms with van der Waals surface area (Å²) in [7, 11) is 0. The summed E-state index contributed by atoms with van der Waals surface area (Å²) >= 11 is 1.45. The van der Waals surface area contributed by atoms with Gasteiger partial charge in [0.1, 0.15) is 0 Å². The molecule has 194 valence electrons. The van der Waals surface area contributed by atoms with Crippen LogP contribution in [-0.4, -0.2) is 22.9 Å². The third-order valence-corrected chi connectivity index (χ3v) is 7.45. The third kappa shape index (κ3) is 6.41. The van der Waals surface area contributed by atoms with Crippen molar-refractivity contribution in [2.24, 2.45) is 0 Å². The van der Waals surface area contributed by atoms with E-state index in [1.54, 1.807) is 24.3 Å². The molecule has 7 nitrogen and oxygen atoms in total. The fourth-order valence-corrected chi connectivity index (χ4v) is 5.18. The highest BCUT2D eigenvalue weighted by Crippen LogP contribution is 2.39. The highest BCUT2D eigenvalue weighted by Gasteiger charge is 2.32. The van der Waals surface area contributed by atoms with Crippen LogP contribution in [0.4, 0.5) is 5.69 Å². The van der Waals surface area contributed by atoms with Gasteiger partial charge in [-0.15, -0.1) is 0 Å². The number of nitrogens with zero attached hydrogens (tertiary/aromatic N) is 1. The van der Waals surface area contributed by atoms with Gasteiger partial charge in [-0.2, -0.15) is 4.73 Å². The summed E-state index contributed by atoms with van der Waals surface area (Å²) in [5.74, 6) is 0.409. The van der Waals surface area contributed by atoms with Crippen molar-refractivity contribution in [3.63, 3.8) is 0 Å². The van der Waals surface area contributed by atoms with E-state index < -0.39 is 6.29 Å². The highest BCUT2D eigenvalue weighted by molar-refractivity contribution is 7.99. The minimum atomic E-state index is -0.620. The lowest BCUT2D eigenvalue weighted by atomic mass is 10.0. The molecule has 0 spiro atoms. The first-order chi connectivity index (χ1) is 18.6. The lowest BCUT2D eigenvalue weighted by molar-refractivity contribution is -0.645. The summed E-state index contributed by atoms with van der Waals surface area (Å²) in [4.78, 5) is 12.5. The van der Waals surface area contributed by atoms with Gasteiger partial charge in [0, 0.05) is 41.1 Å². The average molecular weight is 529 g/mol. The number of thioether (sulfide) groups is 1. The van der Waals surface area contributed by atoms with Crippen LogP contribution in [-0.2, 0) is 16.1 Å². The van der Waals surface area contributed by atoms with Crippen molar-refractivity contribution in [1.82, 2.24) is 0 Å². The number of anilines is 1. The lowest BCUT2D eigenvalue weighted by Gasteiger charge is -2.36. The number of pyridine rings is 1. The number of aromatic nitrogens is 1. The molecule has 5 rings (SSSR count). The van der Waals surface area contributed by atoms with Crippen LogP contribution < -0.4 is 10.0 Å². The molecule has 2 heterocycles. The molecule has 0 bridgehead atoms. The number of hydrogen-bond donors (Lipinski definition) is 2. The minimum Gasteiger partial charge on any atom is -0.618 e. The zero-order valence-electron chi connectivity index (χ0n) is 20.6. The van der Waals surface area contributed by atoms with Crippen molar-refractivity contribution in [2.45, 2.75) is 36.6 Å². The van der Waals surface area contributed by atoms with Crippen LogP contribution in [0.15, 0.2) is 108 Å². The van der Waals surface area contributed by atoms with Gasteiger partial charge in [0.25, 0.3) is 10.9 Å². The first-order valence-corrected chi connectivity index (χ1v) is 13.4. The maximum Gasteiger partial charge on any atom is 0.255 e. The molecular formula is C30H28N2O5S. The van der Waals surface area contributed by atoms with E-state index in [-0.39, 0.29) is 24.7 Å². The van der Waals surface area contributed by atoms with Crippen LogP contribution in [0.1, 0.15) is 45.9 Å². The Morgan fingerprint density at radius 3 is 2.34 bits per heavy atom. The second-order valence-corrected chi connectivity index (χ2v) is 10.0. The standard InChI is InChI=1S/C30H28N2O5S/c33-19-21-9-11-22(12-10-21)27-18-26(20-38-28-8-4-5-17-32(28)35)36-30(37-27)24-13-15-25(16-14-24)31-29(34)23-6-2-1-3-7-23/h1-17,26-27,30,33H,18-20H2,(H,31,34)/t26-,27+,30+/m0/s1. The second-order valence-electron chi connectivity index (χ2n) is 8.97. The molecule has 1 saturated heterocycles. The predicted molar refractivity (Wildman–Crippen MR) is 145 cm³/mol. The van der Waals surface area contributed by atoms with Gasteiger partial charge in [0.05, 0.1) is 18.8 Å². The van der Waals surface area contributed by atoms with E-state index in [9.17, 15) is 15.1 Å². The van der Waals surface area contributed by atoms with Gasteiger partial charge in [0.15, 0.2) is 12.5 Å². The molecule has 1 aliphatic rings. The molecule has 1 aliphatic heterocycles. The Balaban J connectivity index is 1.32. The summed E-state index contributed by atoms with van der Waals surface area (Å²) in [6, 6.07) is 29.5. The van der Waals surface area contributed by atoms with Crippen LogP contribution in [0, 0.1) is 5.21 Å². The zero-order valence-corrected chi connectivity index (χ0v) is 21.4. The van der Waals surface area contributed by atoms with Crippen molar-refractivity contribution in [1.29, 1.82) is 0 Å². The topological polar surface area (TPSA) is 94.7 Å². The smallest absolute Gasteiger partial charge is 0.255 e. The van der Waals surface area contributed by atoms with Crippen LogP contribution in [0.2, 0.25) is 0 Å². The summed E-state index contributed by atoms with van der Waals surface area (Å²) in [6.07, 6.45) is 1.10. The first-order valence-electron chi connectivity index (χ1n) is 12.4. The molecule has 0 saturated carbocycles. The van der Waals surface area contributed by atoms with Gasteiger partial charge in [-0.1, -0.05) is 66.4 Å². The van der Waals surface area contributed by atoms with E-state index in [0.29, 0.717) is 28.5 Å². The van der Waals surface area contributed by atoms with E-state index in [4.69, 9.17) is 9.47 Å². The van der Waals surface area contributed by atoms with Gasteiger partial charge in [-0.3, -0.25) is 4.79 Å². The molecule has 3 aromatic carbocycles. The predicted octanol–water partition coefficient (Wildman–Crippen LogP) is 5.40. The second kappa shape index (κ2) is 12.2. The van der Waals surface area contributed by atoms with Crippen LogP contribution in [0.5, 0.6) is 0 Å². The minimum absolute atomic E-state index is 0.0176. The number of amides is 1. The normalized spacial score (nSPS) is 19.1. The molecule has 0 aliphatic carbocycles. The molecule has 38 heavy (non-hydrogen) atoms. The van der Waals surface area contributed by atoms with Crippen molar-refractivity contribution < 1.29 is 24.1 Å². The molecule has 4 aromatic rings. The Morgan fingerprint density at radius 1 is 0.921 bits per heavy atom. The average Bonchev–Trinajstić information content (AvgIpc) is 2.97. The van der Waals surface area contributed by atoms with E-state index in [1.807, 2.05) is 72.8 Å². The van der Waals surface area contributed by atoms with E-state index in [2.05, 4.69) is 5.32 Å². The molecule has 1 aromatic heterocycles. The molecule has 0 radical (unpaired) electrons. The molecule has 3 atom stereocenters. The lowest BCUT2D eigenvalue weighted by Crippen LogP contribution is -2.32. The number of carbonyl (C=O) groups is 1. The van der Waals surface area contributed by atoms with E-state index in [0.717, 1.165) is 21.4 Å². The summed E-state index contributed by atoms with van der Waals surface area (Å²) in [5, 5.41) is 25.0. The molecule has 1 amide bonds. The molecule has 0 unspecified atom stereocenters. The number of carbonyl (C=O) groups excluding carboxylic acids is 1. The maximum atomic E-state index is 12.5. The number of rotatable bonds is 8. The quantitative estimate of drug-likeness (QED) is 0.181. The molecule has 2 N–H and O–H groups in total. The zero-order chi connectivity index (χ0) is 26.3. The Morgan fingerprint density at radius 2 is 1.63 bits per heavy atom. The Hall–Kier alpha value is -3.69. The fourth-order valence-electron chi connectivity index (χ4n) is 4.24. The Labute approximate surface area is 225 Å². The summed E-state index contributed by atoms with van der Waals surface area (Å²) in [6.45, 7) is -0.0176. The summed E-state index contributed by atoms with van der Waals surface area (Å²) < 4.78 is 13.6. The van der Waals surface area contributed by atoms with Crippen LogP contribution >= 0.6 is 11.8 Å². The number of aliphatic hydroxyl groups excluding tert-OH is 1. The van der Waals surface area contributed by atoms with Crippen molar-refractivity contribution in [2.75, 3.05) is 11.1 Å². The van der Waals surface area contributed by atoms with E-state index >= 15 is 0 Å². The van der Waals surface area contributed by atoms with Gasteiger partial charge in [-0.25, -0.2) is 0 Å². The Bertz CT molecular complexity index is 1350. The maximum absolute atomic E-state index is 12.5. The number of nitrogens with one attached hydrogen (secondary N) is 1. The first kappa shape index (κ1) is 25.9. The monoisotopic (exact) mass is 528 g/mol. The number of benzene rings is 3. The van der Waals surface area contributed by atoms with Gasteiger partial charge in [0.2, 0.25) is 0 Å². The van der Waals surface area contributed by atoms with Gasteiger partial charge >= 0.3 is 0 Å². The Kier molecular flexibility index (Phi) is 8.35. The van der Waals surface area contributed by atoms with Gasteiger partial charge in [-0.05, 0) is 41.5 Å². The molecular weight excluding hydrogens is 500 g/mol. The number of ether oxygens (including phenoxy) is 2. The van der Waals surface area contributed by atoms with Crippen molar-refractivity contribution in [3.05, 3.63) is 131 Å². The molecule has 1 fully saturated rings. The third-order valence-electron chi connectivity index (χ3n) is 6.30. The highest BCUT2D eigenvalue weighted by atomic mass is 32.2. The largest absolute Gasteiger partial charge is 0.618 e. The van der Waals surface area contributed by atoms with Crippen molar-refractivity contribution in [3.8, 4) is 0 Å². The van der Waals surface area contributed by atoms with Crippen LogP contribution in [0.25, 0.3) is 0 Å². The SMILES string of the molecule is O=C(Nc1ccc([C@@H]2O[C@H](CSc3cccc[n+]3[O-])C[C@H](c3ccc(CO)cc3)O2)cc1)c1ccccc1. The van der Waals surface area contributed by atoms with E-state index in [1.165, 1.54) is 18.0 Å². The van der Waals surface area contributed by atoms with Crippen LogP contribution in [0.3, 0.4) is 0 Å².